The Morgan fingerprint density at radius 3 is 2.10 bits per heavy atom. The number of ether oxygens (including phenoxy) is 3. The first-order valence-corrected chi connectivity index (χ1v) is 6.85. The van der Waals surface area contributed by atoms with Gasteiger partial charge in [-0.2, -0.15) is 0 Å². The molecule has 0 spiro atoms. The van der Waals surface area contributed by atoms with Crippen LogP contribution in [-0.2, 0) is 6.54 Å². The summed E-state index contributed by atoms with van der Waals surface area (Å²) in [6.45, 7) is 0.399. The number of halogens is 1. The Bertz CT molecular complexity index is 579. The van der Waals surface area contributed by atoms with Crippen molar-refractivity contribution in [1.82, 2.24) is 0 Å². The maximum absolute atomic E-state index is 5.88. The molecular formula is C15H16BrNO3. The van der Waals surface area contributed by atoms with Crippen molar-refractivity contribution < 1.29 is 14.2 Å². The van der Waals surface area contributed by atoms with Crippen LogP contribution in [0.25, 0.3) is 0 Å². The average molecular weight is 338 g/mol. The quantitative estimate of drug-likeness (QED) is 0.903. The summed E-state index contributed by atoms with van der Waals surface area (Å²) in [6, 6.07) is 11.1. The van der Waals surface area contributed by atoms with Crippen molar-refractivity contribution in [2.75, 3.05) is 14.2 Å². The molecular weight excluding hydrogens is 322 g/mol. The summed E-state index contributed by atoms with van der Waals surface area (Å²) in [5, 5.41) is 0. The molecule has 0 atom stereocenters. The van der Waals surface area contributed by atoms with Gasteiger partial charge in [-0.1, -0.05) is 15.9 Å². The van der Waals surface area contributed by atoms with Crippen molar-refractivity contribution >= 4 is 15.9 Å². The molecule has 2 rings (SSSR count). The molecule has 0 heterocycles. The number of hydrogen-bond donors (Lipinski definition) is 1. The zero-order valence-electron chi connectivity index (χ0n) is 11.4. The Balaban J connectivity index is 2.34. The summed E-state index contributed by atoms with van der Waals surface area (Å²) in [6.07, 6.45) is 0. The van der Waals surface area contributed by atoms with Crippen LogP contribution in [0.5, 0.6) is 23.0 Å². The fourth-order valence-corrected chi connectivity index (χ4v) is 2.18. The third-order valence-electron chi connectivity index (χ3n) is 2.80. The lowest BCUT2D eigenvalue weighted by Gasteiger charge is -2.12. The van der Waals surface area contributed by atoms with Crippen molar-refractivity contribution in [2.24, 2.45) is 5.73 Å². The zero-order valence-corrected chi connectivity index (χ0v) is 12.9. The molecule has 106 valence electrons. The van der Waals surface area contributed by atoms with Gasteiger partial charge in [0, 0.05) is 34.8 Å². The smallest absolute Gasteiger partial charge is 0.134 e. The van der Waals surface area contributed by atoms with Crippen molar-refractivity contribution in [3.8, 4) is 23.0 Å². The van der Waals surface area contributed by atoms with E-state index in [-0.39, 0.29) is 0 Å². The number of rotatable bonds is 5. The summed E-state index contributed by atoms with van der Waals surface area (Å²) in [5.41, 5.74) is 6.65. The zero-order chi connectivity index (χ0) is 14.5. The van der Waals surface area contributed by atoms with E-state index in [4.69, 9.17) is 19.9 Å². The number of hydrogen-bond acceptors (Lipinski definition) is 4. The second-order valence-corrected chi connectivity index (χ2v) is 5.02. The van der Waals surface area contributed by atoms with Crippen LogP contribution in [0.1, 0.15) is 5.56 Å². The highest BCUT2D eigenvalue weighted by Gasteiger charge is 2.07. The van der Waals surface area contributed by atoms with Crippen LogP contribution in [0.2, 0.25) is 0 Å². The highest BCUT2D eigenvalue weighted by molar-refractivity contribution is 9.10. The molecule has 0 aliphatic rings. The van der Waals surface area contributed by atoms with Gasteiger partial charge in [0.05, 0.1) is 14.2 Å². The van der Waals surface area contributed by atoms with Gasteiger partial charge in [0.1, 0.15) is 23.0 Å². The highest BCUT2D eigenvalue weighted by atomic mass is 79.9. The fraction of sp³-hybridized carbons (Fsp3) is 0.200. The van der Waals surface area contributed by atoms with E-state index in [2.05, 4.69) is 15.9 Å². The summed E-state index contributed by atoms with van der Waals surface area (Å²) in [5.74, 6) is 2.70. The van der Waals surface area contributed by atoms with Crippen LogP contribution in [0.15, 0.2) is 40.9 Å². The molecule has 20 heavy (non-hydrogen) atoms. The van der Waals surface area contributed by atoms with Gasteiger partial charge < -0.3 is 19.9 Å². The van der Waals surface area contributed by atoms with E-state index in [0.717, 1.165) is 10.0 Å². The predicted octanol–water partition coefficient (Wildman–Crippen LogP) is 3.72. The van der Waals surface area contributed by atoms with Gasteiger partial charge in [0.25, 0.3) is 0 Å². The normalized spacial score (nSPS) is 10.2. The summed E-state index contributed by atoms with van der Waals surface area (Å²) >= 11 is 3.42. The van der Waals surface area contributed by atoms with E-state index < -0.39 is 0 Å². The van der Waals surface area contributed by atoms with Crippen LogP contribution in [0.3, 0.4) is 0 Å². The van der Waals surface area contributed by atoms with Crippen LogP contribution < -0.4 is 19.9 Å². The molecule has 0 aliphatic heterocycles. The Morgan fingerprint density at radius 2 is 1.55 bits per heavy atom. The monoisotopic (exact) mass is 337 g/mol. The highest BCUT2D eigenvalue weighted by Crippen LogP contribution is 2.33. The molecule has 2 aromatic carbocycles. The summed E-state index contributed by atoms with van der Waals surface area (Å²) < 4.78 is 17.3. The molecule has 0 bridgehead atoms. The first-order chi connectivity index (χ1) is 9.66. The van der Waals surface area contributed by atoms with E-state index in [1.807, 2.05) is 18.2 Å². The minimum atomic E-state index is 0.399. The molecule has 2 aromatic rings. The van der Waals surface area contributed by atoms with E-state index in [9.17, 15) is 0 Å². The van der Waals surface area contributed by atoms with Crippen molar-refractivity contribution in [2.45, 2.75) is 6.54 Å². The Hall–Kier alpha value is -1.72. The topological polar surface area (TPSA) is 53.7 Å². The van der Waals surface area contributed by atoms with Gasteiger partial charge in [-0.05, 0) is 18.2 Å². The maximum atomic E-state index is 5.88. The predicted molar refractivity (Wildman–Crippen MR) is 81.7 cm³/mol. The second kappa shape index (κ2) is 6.63. The molecule has 0 radical (unpaired) electrons. The molecule has 4 nitrogen and oxygen atoms in total. The van der Waals surface area contributed by atoms with Crippen molar-refractivity contribution in [1.29, 1.82) is 0 Å². The third kappa shape index (κ3) is 3.43. The van der Waals surface area contributed by atoms with E-state index in [1.54, 1.807) is 32.4 Å². The van der Waals surface area contributed by atoms with Crippen molar-refractivity contribution in [3.05, 3.63) is 46.4 Å². The lowest BCUT2D eigenvalue weighted by atomic mass is 10.2. The molecule has 0 unspecified atom stereocenters. The summed E-state index contributed by atoms with van der Waals surface area (Å²) in [7, 11) is 3.20. The minimum absolute atomic E-state index is 0.399. The number of nitrogens with two attached hydrogens (primary N) is 1. The van der Waals surface area contributed by atoms with Gasteiger partial charge in [-0.3, -0.25) is 0 Å². The van der Waals surface area contributed by atoms with Gasteiger partial charge in [-0.15, -0.1) is 0 Å². The fourth-order valence-electron chi connectivity index (χ4n) is 1.77. The van der Waals surface area contributed by atoms with Gasteiger partial charge in [0.2, 0.25) is 0 Å². The maximum Gasteiger partial charge on any atom is 0.134 e. The lowest BCUT2D eigenvalue weighted by molar-refractivity contribution is 0.386. The minimum Gasteiger partial charge on any atom is -0.496 e. The molecule has 2 N–H and O–H groups in total. The average Bonchev–Trinajstić information content (AvgIpc) is 2.48. The first kappa shape index (κ1) is 14.7. The standard InChI is InChI=1S/C15H16BrNO3/c1-18-12-6-13(19-2)8-14(7-12)20-15-4-3-11(16)5-10(15)9-17/h3-8H,9,17H2,1-2H3. The lowest BCUT2D eigenvalue weighted by Crippen LogP contribution is -1.99. The second-order valence-electron chi connectivity index (χ2n) is 4.11. The van der Waals surface area contributed by atoms with E-state index >= 15 is 0 Å². The third-order valence-corrected chi connectivity index (χ3v) is 3.29. The molecule has 0 fully saturated rings. The molecule has 5 heteroatoms. The number of benzene rings is 2. The van der Waals surface area contributed by atoms with E-state index in [0.29, 0.717) is 29.5 Å². The van der Waals surface area contributed by atoms with Crippen molar-refractivity contribution in [3.63, 3.8) is 0 Å². The molecule has 0 aliphatic carbocycles. The van der Waals surface area contributed by atoms with Gasteiger partial charge in [-0.25, -0.2) is 0 Å². The van der Waals surface area contributed by atoms with Crippen LogP contribution in [-0.4, -0.2) is 14.2 Å². The van der Waals surface area contributed by atoms with Gasteiger partial charge in [0.15, 0.2) is 0 Å². The molecule has 0 saturated carbocycles. The molecule has 0 saturated heterocycles. The Morgan fingerprint density at radius 1 is 0.950 bits per heavy atom. The Kier molecular flexibility index (Phi) is 4.87. The van der Waals surface area contributed by atoms with Crippen LogP contribution >= 0.6 is 15.9 Å². The van der Waals surface area contributed by atoms with Crippen LogP contribution in [0.4, 0.5) is 0 Å². The number of methoxy groups -OCH3 is 2. The van der Waals surface area contributed by atoms with E-state index in [1.165, 1.54) is 0 Å². The molecule has 0 aromatic heterocycles. The largest absolute Gasteiger partial charge is 0.496 e. The SMILES string of the molecule is COc1cc(OC)cc(Oc2ccc(Br)cc2CN)c1. The summed E-state index contributed by atoms with van der Waals surface area (Å²) in [4.78, 5) is 0. The molecule has 0 amide bonds. The first-order valence-electron chi connectivity index (χ1n) is 6.05. The van der Waals surface area contributed by atoms with Crippen LogP contribution in [0, 0.1) is 0 Å². The Labute approximate surface area is 126 Å². The van der Waals surface area contributed by atoms with Gasteiger partial charge >= 0.3 is 0 Å².